The quantitative estimate of drug-likeness (QED) is 0.639. The van der Waals surface area contributed by atoms with E-state index in [2.05, 4.69) is 0 Å². The summed E-state index contributed by atoms with van der Waals surface area (Å²) < 4.78 is 4.75. The number of carbonyl (C=O) groups is 1. The summed E-state index contributed by atoms with van der Waals surface area (Å²) in [5.41, 5.74) is 6.23. The van der Waals surface area contributed by atoms with Crippen LogP contribution in [-0.4, -0.2) is 18.6 Å². The van der Waals surface area contributed by atoms with Crippen molar-refractivity contribution in [2.24, 2.45) is 5.73 Å². The van der Waals surface area contributed by atoms with Crippen LogP contribution in [0.4, 0.5) is 0 Å². The number of hydrogen-bond donors (Lipinski definition) is 2. The summed E-state index contributed by atoms with van der Waals surface area (Å²) in [6.07, 6.45) is 0. The smallest absolute Gasteiger partial charge is 0.537 e. The van der Waals surface area contributed by atoms with E-state index in [-0.39, 0.29) is 0 Å². The van der Waals surface area contributed by atoms with E-state index in [1.54, 1.807) is 19.1 Å². The Morgan fingerprint density at radius 2 is 2.31 bits per heavy atom. The highest BCUT2D eigenvalue weighted by Crippen LogP contribution is 2.18. The first-order valence-corrected chi connectivity index (χ1v) is 3.68. The van der Waals surface area contributed by atoms with Crippen LogP contribution in [0.5, 0.6) is 5.75 Å². The summed E-state index contributed by atoms with van der Waals surface area (Å²) in [7, 11) is 0.563. The zero-order valence-electron chi connectivity index (χ0n) is 7.15. The standard InChI is InChI=1S/C8H9BNO3/c1-5-2-3-6(8(10)11)4-7(5)13-9-12/h2-4,12H,1H3,(H2,10,11). The summed E-state index contributed by atoms with van der Waals surface area (Å²) in [4.78, 5) is 10.8. The van der Waals surface area contributed by atoms with E-state index in [9.17, 15) is 4.79 Å². The van der Waals surface area contributed by atoms with Gasteiger partial charge in [0.25, 0.3) is 0 Å². The molecule has 5 heteroatoms. The lowest BCUT2D eigenvalue weighted by atomic mass is 10.1. The van der Waals surface area contributed by atoms with Crippen LogP contribution in [-0.2, 0) is 0 Å². The Morgan fingerprint density at radius 3 is 2.85 bits per heavy atom. The first-order valence-electron chi connectivity index (χ1n) is 3.68. The minimum absolute atomic E-state index is 0.349. The Morgan fingerprint density at radius 1 is 1.62 bits per heavy atom. The van der Waals surface area contributed by atoms with Gasteiger partial charge in [-0.2, -0.15) is 0 Å². The van der Waals surface area contributed by atoms with Crippen molar-refractivity contribution in [1.82, 2.24) is 0 Å². The molecule has 67 valence electrons. The molecular formula is C8H9BNO3. The maximum Gasteiger partial charge on any atom is 0.569 e. The average molecular weight is 178 g/mol. The molecular weight excluding hydrogens is 169 g/mol. The first kappa shape index (κ1) is 9.60. The lowest BCUT2D eigenvalue weighted by Gasteiger charge is -2.06. The zero-order valence-corrected chi connectivity index (χ0v) is 7.15. The third-order valence-corrected chi connectivity index (χ3v) is 1.65. The maximum atomic E-state index is 10.8. The van der Waals surface area contributed by atoms with Gasteiger partial charge < -0.3 is 15.4 Å². The van der Waals surface area contributed by atoms with Crippen LogP contribution in [0.2, 0.25) is 0 Å². The van der Waals surface area contributed by atoms with Gasteiger partial charge in [-0.25, -0.2) is 0 Å². The van der Waals surface area contributed by atoms with E-state index in [1.807, 2.05) is 0 Å². The molecule has 4 nitrogen and oxygen atoms in total. The highest BCUT2D eigenvalue weighted by molar-refractivity contribution is 6.17. The lowest BCUT2D eigenvalue weighted by Crippen LogP contribution is -2.11. The van der Waals surface area contributed by atoms with Crippen LogP contribution in [0.15, 0.2) is 18.2 Å². The van der Waals surface area contributed by atoms with Crippen molar-refractivity contribution in [3.8, 4) is 5.75 Å². The lowest BCUT2D eigenvalue weighted by molar-refractivity contribution is 0.1000. The number of aryl methyl sites for hydroxylation is 1. The number of carbonyl (C=O) groups excluding carboxylic acids is 1. The fourth-order valence-electron chi connectivity index (χ4n) is 0.937. The van der Waals surface area contributed by atoms with Crippen molar-refractivity contribution in [2.45, 2.75) is 6.92 Å². The fourth-order valence-corrected chi connectivity index (χ4v) is 0.937. The van der Waals surface area contributed by atoms with Gasteiger partial charge in [0.2, 0.25) is 5.91 Å². The highest BCUT2D eigenvalue weighted by Gasteiger charge is 2.05. The molecule has 0 saturated carbocycles. The number of primary amides is 1. The topological polar surface area (TPSA) is 72.6 Å². The summed E-state index contributed by atoms with van der Waals surface area (Å²) in [6.45, 7) is 1.80. The number of rotatable bonds is 3. The van der Waals surface area contributed by atoms with E-state index in [1.165, 1.54) is 6.07 Å². The van der Waals surface area contributed by atoms with Gasteiger partial charge in [0.1, 0.15) is 5.75 Å². The van der Waals surface area contributed by atoms with Crippen LogP contribution < -0.4 is 10.4 Å². The molecule has 1 amide bonds. The molecule has 0 aliphatic heterocycles. The number of benzene rings is 1. The van der Waals surface area contributed by atoms with Crippen LogP contribution in [0.25, 0.3) is 0 Å². The molecule has 1 rings (SSSR count). The molecule has 13 heavy (non-hydrogen) atoms. The van der Waals surface area contributed by atoms with Crippen molar-refractivity contribution >= 4 is 13.6 Å². The van der Waals surface area contributed by atoms with Gasteiger partial charge in [0.05, 0.1) is 0 Å². The van der Waals surface area contributed by atoms with E-state index in [0.29, 0.717) is 19.0 Å². The first-order chi connectivity index (χ1) is 6.15. The number of hydrogen-bond acceptors (Lipinski definition) is 3. The Bertz CT molecular complexity index is 327. The highest BCUT2D eigenvalue weighted by atomic mass is 16.5. The van der Waals surface area contributed by atoms with Gasteiger partial charge >= 0.3 is 7.69 Å². The van der Waals surface area contributed by atoms with E-state index < -0.39 is 5.91 Å². The van der Waals surface area contributed by atoms with Crippen molar-refractivity contribution in [1.29, 1.82) is 0 Å². The largest absolute Gasteiger partial charge is 0.569 e. The van der Waals surface area contributed by atoms with E-state index in [0.717, 1.165) is 5.56 Å². The molecule has 0 atom stereocenters. The minimum Gasteiger partial charge on any atom is -0.537 e. The van der Waals surface area contributed by atoms with Crippen LogP contribution in [0.1, 0.15) is 15.9 Å². The predicted molar refractivity (Wildman–Crippen MR) is 48.3 cm³/mol. The molecule has 0 aliphatic carbocycles. The van der Waals surface area contributed by atoms with Crippen molar-refractivity contribution in [3.63, 3.8) is 0 Å². The van der Waals surface area contributed by atoms with Crippen LogP contribution >= 0.6 is 0 Å². The summed E-state index contributed by atoms with van der Waals surface area (Å²) in [6, 6.07) is 4.77. The van der Waals surface area contributed by atoms with Crippen molar-refractivity contribution in [3.05, 3.63) is 29.3 Å². The van der Waals surface area contributed by atoms with Gasteiger partial charge in [-0.3, -0.25) is 4.79 Å². The van der Waals surface area contributed by atoms with Crippen LogP contribution in [0, 0.1) is 6.92 Å². The molecule has 0 unspecified atom stereocenters. The van der Waals surface area contributed by atoms with Crippen molar-refractivity contribution in [2.75, 3.05) is 0 Å². The molecule has 1 radical (unpaired) electrons. The van der Waals surface area contributed by atoms with Gasteiger partial charge in [0.15, 0.2) is 0 Å². The number of nitrogens with two attached hydrogens (primary N) is 1. The average Bonchev–Trinajstić information content (AvgIpc) is 2.08. The summed E-state index contributed by atoms with van der Waals surface area (Å²) in [5.74, 6) is -0.110. The van der Waals surface area contributed by atoms with Gasteiger partial charge in [0, 0.05) is 5.56 Å². The molecule has 1 aromatic rings. The Balaban J connectivity index is 3.03. The van der Waals surface area contributed by atoms with Gasteiger partial charge in [-0.05, 0) is 24.6 Å². The van der Waals surface area contributed by atoms with E-state index >= 15 is 0 Å². The third kappa shape index (κ3) is 2.22. The predicted octanol–water partition coefficient (Wildman–Crippen LogP) is -0.000780. The normalized spacial score (nSPS) is 9.38. The van der Waals surface area contributed by atoms with Gasteiger partial charge in [-0.1, -0.05) is 6.07 Å². The zero-order chi connectivity index (χ0) is 9.84. The minimum atomic E-state index is -0.525. The molecule has 0 fully saturated rings. The van der Waals surface area contributed by atoms with E-state index in [4.69, 9.17) is 15.4 Å². The molecule has 0 heterocycles. The molecule has 0 aliphatic rings. The molecule has 0 saturated heterocycles. The monoisotopic (exact) mass is 178 g/mol. The van der Waals surface area contributed by atoms with Crippen LogP contribution in [0.3, 0.4) is 0 Å². The summed E-state index contributed by atoms with van der Waals surface area (Å²) >= 11 is 0. The maximum absolute atomic E-state index is 10.8. The third-order valence-electron chi connectivity index (χ3n) is 1.65. The van der Waals surface area contributed by atoms with Crippen molar-refractivity contribution < 1.29 is 14.5 Å². The SMILES string of the molecule is Cc1ccc(C(N)=O)cc1O[B]O. The second-order valence-electron chi connectivity index (χ2n) is 2.57. The fraction of sp³-hybridized carbons (Fsp3) is 0.125. The molecule has 0 bridgehead atoms. The molecule has 0 spiro atoms. The summed E-state index contributed by atoms with van der Waals surface area (Å²) in [5, 5.41) is 8.41. The number of amides is 1. The molecule has 3 N–H and O–H groups in total. The Kier molecular flexibility index (Phi) is 2.92. The second kappa shape index (κ2) is 3.95. The Labute approximate surface area is 76.6 Å². The Hall–Kier alpha value is -1.49. The molecule has 0 aromatic heterocycles. The van der Waals surface area contributed by atoms with Gasteiger partial charge in [-0.15, -0.1) is 0 Å². The molecule has 1 aromatic carbocycles. The second-order valence-corrected chi connectivity index (χ2v) is 2.57.